The summed E-state index contributed by atoms with van der Waals surface area (Å²) in [7, 11) is 0. The SMILES string of the molecule is CC(C)NC(=O)c1ccc(NC(C)c2csc(C(C)C)n2)c([N+](=O)[O-])c1. The molecule has 2 N–H and O–H groups in total. The van der Waals surface area contributed by atoms with Crippen LogP contribution in [0.3, 0.4) is 0 Å². The van der Waals surface area contributed by atoms with E-state index >= 15 is 0 Å². The molecule has 0 aliphatic heterocycles. The van der Waals surface area contributed by atoms with E-state index in [9.17, 15) is 14.9 Å². The lowest BCUT2D eigenvalue weighted by molar-refractivity contribution is -0.384. The summed E-state index contributed by atoms with van der Waals surface area (Å²) in [6.45, 7) is 9.73. The molecule has 2 aromatic rings. The monoisotopic (exact) mass is 376 g/mol. The Labute approximate surface area is 157 Å². The van der Waals surface area contributed by atoms with Crippen LogP contribution >= 0.6 is 11.3 Å². The first-order valence-corrected chi connectivity index (χ1v) is 9.38. The van der Waals surface area contributed by atoms with Crippen LogP contribution < -0.4 is 10.6 Å². The summed E-state index contributed by atoms with van der Waals surface area (Å²) >= 11 is 1.58. The molecule has 1 aromatic carbocycles. The van der Waals surface area contributed by atoms with Gasteiger partial charge >= 0.3 is 0 Å². The molecule has 1 amide bonds. The van der Waals surface area contributed by atoms with Gasteiger partial charge in [-0.1, -0.05) is 13.8 Å². The van der Waals surface area contributed by atoms with Gasteiger partial charge in [-0.15, -0.1) is 11.3 Å². The van der Waals surface area contributed by atoms with Gasteiger partial charge in [-0.25, -0.2) is 4.98 Å². The van der Waals surface area contributed by atoms with Crippen molar-refractivity contribution in [2.75, 3.05) is 5.32 Å². The van der Waals surface area contributed by atoms with Crippen molar-refractivity contribution in [3.05, 3.63) is 50.0 Å². The van der Waals surface area contributed by atoms with Crippen LogP contribution in [-0.4, -0.2) is 21.9 Å². The van der Waals surface area contributed by atoms with Crippen molar-refractivity contribution in [2.45, 2.75) is 52.6 Å². The lowest BCUT2D eigenvalue weighted by Crippen LogP contribution is -2.30. The van der Waals surface area contributed by atoms with Crippen molar-refractivity contribution >= 4 is 28.6 Å². The standard InChI is InChI=1S/C18H24N4O3S/c1-10(2)18-21-15(9-26-18)12(5)20-14-7-6-13(8-16(14)22(24)25)17(23)19-11(3)4/h6-12,20H,1-5H3,(H,19,23). The minimum Gasteiger partial charge on any atom is -0.371 e. The lowest BCUT2D eigenvalue weighted by atomic mass is 10.1. The third-order valence-electron chi connectivity index (χ3n) is 3.73. The summed E-state index contributed by atoms with van der Waals surface area (Å²) in [4.78, 5) is 27.6. The van der Waals surface area contributed by atoms with E-state index < -0.39 is 4.92 Å². The van der Waals surface area contributed by atoms with Crippen LogP contribution in [0.1, 0.15) is 67.6 Å². The molecule has 0 aliphatic carbocycles. The maximum absolute atomic E-state index is 12.1. The minimum atomic E-state index is -0.484. The summed E-state index contributed by atoms with van der Waals surface area (Å²) in [6, 6.07) is 4.22. The molecule has 140 valence electrons. The number of carbonyl (C=O) groups is 1. The maximum atomic E-state index is 12.1. The van der Waals surface area contributed by atoms with Crippen molar-refractivity contribution in [1.29, 1.82) is 0 Å². The molecule has 7 nitrogen and oxygen atoms in total. The van der Waals surface area contributed by atoms with Crippen LogP contribution in [0.4, 0.5) is 11.4 Å². The zero-order valence-corrected chi connectivity index (χ0v) is 16.4. The summed E-state index contributed by atoms with van der Waals surface area (Å²) in [5.74, 6) is 0.0119. The van der Waals surface area contributed by atoms with Gasteiger partial charge in [0, 0.05) is 29.0 Å². The molecular formula is C18H24N4O3S. The average molecular weight is 376 g/mol. The second-order valence-corrected chi connectivity index (χ2v) is 7.64. The summed E-state index contributed by atoms with van der Waals surface area (Å²) in [5, 5.41) is 20.3. The number of amides is 1. The third-order valence-corrected chi connectivity index (χ3v) is 4.89. The number of benzene rings is 1. The number of aromatic nitrogens is 1. The first-order chi connectivity index (χ1) is 12.2. The largest absolute Gasteiger partial charge is 0.371 e. The highest BCUT2D eigenvalue weighted by Crippen LogP contribution is 2.30. The molecule has 1 heterocycles. The van der Waals surface area contributed by atoms with Crippen molar-refractivity contribution in [3.63, 3.8) is 0 Å². The fourth-order valence-electron chi connectivity index (χ4n) is 2.36. The summed E-state index contributed by atoms with van der Waals surface area (Å²) in [5.41, 5.74) is 1.34. The Hall–Kier alpha value is -2.48. The van der Waals surface area contributed by atoms with E-state index in [1.54, 1.807) is 23.5 Å². The van der Waals surface area contributed by atoms with Crippen molar-refractivity contribution in [1.82, 2.24) is 10.3 Å². The maximum Gasteiger partial charge on any atom is 0.293 e. The Morgan fingerprint density at radius 2 is 1.92 bits per heavy atom. The number of nitrogens with one attached hydrogen (secondary N) is 2. The van der Waals surface area contributed by atoms with Gasteiger partial charge in [-0.2, -0.15) is 0 Å². The number of nitro groups is 1. The predicted octanol–water partition coefficient (Wildman–Crippen LogP) is 4.49. The van der Waals surface area contributed by atoms with Crippen LogP contribution in [0.15, 0.2) is 23.6 Å². The van der Waals surface area contributed by atoms with Crippen LogP contribution in [0.25, 0.3) is 0 Å². The van der Waals surface area contributed by atoms with Crippen LogP contribution in [0, 0.1) is 10.1 Å². The zero-order valence-electron chi connectivity index (χ0n) is 15.6. The number of hydrogen-bond acceptors (Lipinski definition) is 6. The second kappa shape index (κ2) is 8.27. The minimum absolute atomic E-state index is 0.0424. The Balaban J connectivity index is 2.24. The number of hydrogen-bond donors (Lipinski definition) is 2. The normalized spacial score (nSPS) is 12.3. The van der Waals surface area contributed by atoms with Gasteiger partial charge in [0.25, 0.3) is 11.6 Å². The molecule has 1 atom stereocenters. The number of rotatable bonds is 7. The van der Waals surface area contributed by atoms with Crippen molar-refractivity contribution in [3.8, 4) is 0 Å². The van der Waals surface area contributed by atoms with Crippen molar-refractivity contribution < 1.29 is 9.72 Å². The van der Waals surface area contributed by atoms with Gasteiger partial charge in [-0.3, -0.25) is 14.9 Å². The second-order valence-electron chi connectivity index (χ2n) is 6.75. The molecule has 26 heavy (non-hydrogen) atoms. The fourth-order valence-corrected chi connectivity index (χ4v) is 3.29. The molecular weight excluding hydrogens is 352 g/mol. The third kappa shape index (κ3) is 4.78. The quantitative estimate of drug-likeness (QED) is 0.548. The van der Waals surface area contributed by atoms with E-state index in [1.165, 1.54) is 6.07 Å². The molecule has 0 saturated heterocycles. The number of nitrogens with zero attached hydrogens (tertiary/aromatic N) is 2. The number of nitro benzene ring substituents is 1. The molecule has 0 saturated carbocycles. The molecule has 1 aromatic heterocycles. The lowest BCUT2D eigenvalue weighted by Gasteiger charge is -2.14. The number of thiazole rings is 1. The summed E-state index contributed by atoms with van der Waals surface area (Å²) < 4.78 is 0. The van der Waals surface area contributed by atoms with Crippen LogP contribution in [0.2, 0.25) is 0 Å². The molecule has 0 fully saturated rings. The van der Waals surface area contributed by atoms with Crippen molar-refractivity contribution in [2.24, 2.45) is 0 Å². The van der Waals surface area contributed by atoms with Gasteiger partial charge < -0.3 is 10.6 Å². The molecule has 0 aliphatic rings. The van der Waals surface area contributed by atoms with E-state index in [2.05, 4.69) is 29.5 Å². The molecule has 0 radical (unpaired) electrons. The van der Waals surface area contributed by atoms with E-state index in [4.69, 9.17) is 0 Å². The van der Waals surface area contributed by atoms with Crippen LogP contribution in [0.5, 0.6) is 0 Å². The Morgan fingerprint density at radius 3 is 2.46 bits per heavy atom. The number of carbonyl (C=O) groups excluding carboxylic acids is 1. The van der Waals surface area contributed by atoms with Gasteiger partial charge in [-0.05, 0) is 32.9 Å². The Morgan fingerprint density at radius 1 is 1.23 bits per heavy atom. The van der Waals surface area contributed by atoms with E-state index in [0.717, 1.165) is 10.7 Å². The first kappa shape index (κ1) is 19.8. The smallest absolute Gasteiger partial charge is 0.293 e. The molecule has 8 heteroatoms. The Kier molecular flexibility index (Phi) is 6.31. The average Bonchev–Trinajstić information content (AvgIpc) is 3.04. The fraction of sp³-hybridized carbons (Fsp3) is 0.444. The van der Waals surface area contributed by atoms with Crippen LogP contribution in [-0.2, 0) is 0 Å². The molecule has 2 rings (SSSR count). The predicted molar refractivity (Wildman–Crippen MR) is 104 cm³/mol. The van der Waals surface area contributed by atoms with Gasteiger partial charge in [0.05, 0.1) is 21.7 Å². The first-order valence-electron chi connectivity index (χ1n) is 8.50. The zero-order chi connectivity index (χ0) is 19.4. The number of anilines is 1. The molecule has 1 unspecified atom stereocenters. The highest BCUT2D eigenvalue weighted by atomic mass is 32.1. The van der Waals surface area contributed by atoms with Gasteiger partial charge in [0.2, 0.25) is 0 Å². The van der Waals surface area contributed by atoms with Gasteiger partial charge in [0.15, 0.2) is 0 Å². The van der Waals surface area contributed by atoms with Gasteiger partial charge in [0.1, 0.15) is 5.69 Å². The van der Waals surface area contributed by atoms with E-state index in [-0.39, 0.29) is 29.2 Å². The van der Waals surface area contributed by atoms with E-state index in [0.29, 0.717) is 11.6 Å². The summed E-state index contributed by atoms with van der Waals surface area (Å²) in [6.07, 6.45) is 0. The highest BCUT2D eigenvalue weighted by molar-refractivity contribution is 7.09. The molecule has 0 spiro atoms. The van der Waals surface area contributed by atoms with E-state index in [1.807, 2.05) is 26.2 Å². The molecule has 0 bridgehead atoms. The highest BCUT2D eigenvalue weighted by Gasteiger charge is 2.20. The Bertz CT molecular complexity index is 801. The topological polar surface area (TPSA) is 97.2 Å².